The standard InChI is InChI=1S/C15H20N4O2/c1-10-7-13(20-17-10)9-19-6-2-3-12(8-19)14-16-15(21-18-14)11-4-5-11/h7,11-12H,2-6,8-9H2,1H3. The summed E-state index contributed by atoms with van der Waals surface area (Å²) in [5.41, 5.74) is 0.936. The summed E-state index contributed by atoms with van der Waals surface area (Å²) in [6.07, 6.45) is 4.69. The Morgan fingerprint density at radius 2 is 2.10 bits per heavy atom. The van der Waals surface area contributed by atoms with Crippen LogP contribution in [-0.2, 0) is 6.54 Å². The molecule has 6 nitrogen and oxygen atoms in total. The van der Waals surface area contributed by atoms with Crippen LogP contribution in [-0.4, -0.2) is 33.3 Å². The molecule has 1 atom stereocenters. The number of rotatable bonds is 4. The maximum absolute atomic E-state index is 5.39. The van der Waals surface area contributed by atoms with Gasteiger partial charge in [0, 0.05) is 24.4 Å². The number of hydrogen-bond donors (Lipinski definition) is 0. The lowest BCUT2D eigenvalue weighted by Crippen LogP contribution is -2.34. The van der Waals surface area contributed by atoms with Crippen LogP contribution in [0.1, 0.15) is 60.7 Å². The molecule has 2 aromatic heterocycles. The second-order valence-electron chi connectivity index (χ2n) is 6.27. The van der Waals surface area contributed by atoms with Gasteiger partial charge in [-0.15, -0.1) is 0 Å². The second-order valence-corrected chi connectivity index (χ2v) is 6.27. The number of nitrogens with zero attached hydrogens (tertiary/aromatic N) is 4. The van der Waals surface area contributed by atoms with Crippen molar-refractivity contribution >= 4 is 0 Å². The van der Waals surface area contributed by atoms with E-state index in [-0.39, 0.29) is 0 Å². The first-order valence-corrected chi connectivity index (χ1v) is 7.76. The summed E-state index contributed by atoms with van der Waals surface area (Å²) in [6, 6.07) is 2.00. The van der Waals surface area contributed by atoms with Gasteiger partial charge in [0.05, 0.1) is 12.2 Å². The molecule has 0 amide bonds. The van der Waals surface area contributed by atoms with Crippen molar-refractivity contribution in [1.82, 2.24) is 20.2 Å². The van der Waals surface area contributed by atoms with Crippen molar-refractivity contribution in [2.75, 3.05) is 13.1 Å². The van der Waals surface area contributed by atoms with Gasteiger partial charge in [0.2, 0.25) is 5.89 Å². The Balaban J connectivity index is 1.41. The third kappa shape index (κ3) is 2.85. The quantitative estimate of drug-likeness (QED) is 0.861. The molecule has 2 aliphatic rings. The molecule has 1 saturated heterocycles. The van der Waals surface area contributed by atoms with Gasteiger partial charge in [-0.3, -0.25) is 4.90 Å². The third-order valence-corrected chi connectivity index (χ3v) is 4.31. The van der Waals surface area contributed by atoms with Gasteiger partial charge < -0.3 is 9.05 Å². The van der Waals surface area contributed by atoms with Crippen LogP contribution < -0.4 is 0 Å². The second kappa shape index (κ2) is 5.26. The van der Waals surface area contributed by atoms with Gasteiger partial charge in [-0.05, 0) is 39.2 Å². The average Bonchev–Trinajstić information content (AvgIpc) is 3.07. The molecule has 0 aromatic carbocycles. The van der Waals surface area contributed by atoms with Crippen molar-refractivity contribution in [3.8, 4) is 0 Å². The smallest absolute Gasteiger partial charge is 0.229 e. The summed E-state index contributed by atoms with van der Waals surface area (Å²) in [6.45, 7) is 4.81. The average molecular weight is 288 g/mol. The van der Waals surface area contributed by atoms with Gasteiger partial charge >= 0.3 is 0 Å². The van der Waals surface area contributed by atoms with Crippen LogP contribution in [0, 0.1) is 6.92 Å². The Labute approximate surface area is 123 Å². The van der Waals surface area contributed by atoms with E-state index >= 15 is 0 Å². The highest BCUT2D eigenvalue weighted by Gasteiger charge is 2.32. The predicted octanol–water partition coefficient (Wildman–Crippen LogP) is 2.62. The fourth-order valence-electron chi connectivity index (χ4n) is 3.03. The van der Waals surface area contributed by atoms with Crippen molar-refractivity contribution in [1.29, 1.82) is 0 Å². The van der Waals surface area contributed by atoms with Crippen LogP contribution >= 0.6 is 0 Å². The van der Waals surface area contributed by atoms with E-state index in [4.69, 9.17) is 9.05 Å². The van der Waals surface area contributed by atoms with Crippen molar-refractivity contribution in [2.45, 2.75) is 51.0 Å². The maximum Gasteiger partial charge on any atom is 0.229 e. The minimum Gasteiger partial charge on any atom is -0.360 e. The highest BCUT2D eigenvalue weighted by atomic mass is 16.5. The van der Waals surface area contributed by atoms with Crippen LogP contribution in [0.3, 0.4) is 0 Å². The SMILES string of the molecule is Cc1cc(CN2CCCC(c3noc(C4CC4)n3)C2)on1. The summed E-state index contributed by atoms with van der Waals surface area (Å²) in [5.74, 6) is 3.56. The summed E-state index contributed by atoms with van der Waals surface area (Å²) in [5, 5.41) is 8.15. The molecule has 3 heterocycles. The molecule has 4 rings (SSSR count). The first-order chi connectivity index (χ1) is 10.3. The topological polar surface area (TPSA) is 68.2 Å². The molecule has 21 heavy (non-hydrogen) atoms. The highest BCUT2D eigenvalue weighted by Crippen LogP contribution is 2.39. The Morgan fingerprint density at radius 3 is 2.86 bits per heavy atom. The molecule has 0 radical (unpaired) electrons. The number of aromatic nitrogens is 3. The first-order valence-electron chi connectivity index (χ1n) is 7.76. The number of likely N-dealkylation sites (tertiary alicyclic amines) is 1. The molecule has 2 fully saturated rings. The van der Waals surface area contributed by atoms with Crippen LogP contribution in [0.2, 0.25) is 0 Å². The minimum absolute atomic E-state index is 0.374. The predicted molar refractivity (Wildman–Crippen MR) is 74.8 cm³/mol. The fraction of sp³-hybridized carbons (Fsp3) is 0.667. The lowest BCUT2D eigenvalue weighted by atomic mass is 9.97. The molecule has 0 spiro atoms. The molecule has 1 saturated carbocycles. The molecule has 2 aromatic rings. The van der Waals surface area contributed by atoms with Gasteiger partial charge in [-0.25, -0.2) is 0 Å². The fourth-order valence-corrected chi connectivity index (χ4v) is 3.03. The van der Waals surface area contributed by atoms with E-state index in [2.05, 4.69) is 20.2 Å². The third-order valence-electron chi connectivity index (χ3n) is 4.31. The molecule has 6 heteroatoms. The van der Waals surface area contributed by atoms with Crippen molar-refractivity contribution in [3.63, 3.8) is 0 Å². The molecule has 1 aliphatic heterocycles. The minimum atomic E-state index is 0.374. The molecular formula is C15H20N4O2. The normalized spacial score (nSPS) is 23.6. The van der Waals surface area contributed by atoms with E-state index in [9.17, 15) is 0 Å². The zero-order valence-corrected chi connectivity index (χ0v) is 12.3. The Kier molecular flexibility index (Phi) is 3.25. The van der Waals surface area contributed by atoms with E-state index < -0.39 is 0 Å². The molecular weight excluding hydrogens is 268 g/mol. The first kappa shape index (κ1) is 13.0. The Morgan fingerprint density at radius 1 is 1.19 bits per heavy atom. The van der Waals surface area contributed by atoms with Crippen LogP contribution in [0.15, 0.2) is 15.1 Å². The van der Waals surface area contributed by atoms with E-state index in [1.807, 2.05) is 13.0 Å². The Hall–Kier alpha value is -1.69. The van der Waals surface area contributed by atoms with Crippen molar-refractivity contribution in [3.05, 3.63) is 29.2 Å². The molecule has 112 valence electrons. The number of piperidine rings is 1. The van der Waals surface area contributed by atoms with Gasteiger partial charge in [-0.2, -0.15) is 4.98 Å². The van der Waals surface area contributed by atoms with E-state index in [0.29, 0.717) is 11.8 Å². The van der Waals surface area contributed by atoms with Gasteiger partial charge in [-0.1, -0.05) is 10.3 Å². The zero-order chi connectivity index (χ0) is 14.2. The number of hydrogen-bond acceptors (Lipinski definition) is 6. The lowest BCUT2D eigenvalue weighted by Gasteiger charge is -2.30. The summed E-state index contributed by atoms with van der Waals surface area (Å²) >= 11 is 0. The van der Waals surface area contributed by atoms with E-state index in [0.717, 1.165) is 55.6 Å². The molecule has 0 bridgehead atoms. The van der Waals surface area contributed by atoms with Gasteiger partial charge in [0.25, 0.3) is 0 Å². The monoisotopic (exact) mass is 288 g/mol. The van der Waals surface area contributed by atoms with Crippen LogP contribution in [0.5, 0.6) is 0 Å². The summed E-state index contributed by atoms with van der Waals surface area (Å²) < 4.78 is 10.7. The van der Waals surface area contributed by atoms with Crippen LogP contribution in [0.25, 0.3) is 0 Å². The maximum atomic E-state index is 5.39. The molecule has 1 aliphatic carbocycles. The van der Waals surface area contributed by atoms with Gasteiger partial charge in [0.1, 0.15) is 0 Å². The highest BCUT2D eigenvalue weighted by molar-refractivity contribution is 5.07. The van der Waals surface area contributed by atoms with E-state index in [1.54, 1.807) is 0 Å². The largest absolute Gasteiger partial charge is 0.360 e. The lowest BCUT2D eigenvalue weighted by molar-refractivity contribution is 0.176. The molecule has 1 unspecified atom stereocenters. The summed E-state index contributed by atoms with van der Waals surface area (Å²) in [7, 11) is 0. The summed E-state index contributed by atoms with van der Waals surface area (Å²) in [4.78, 5) is 6.99. The number of aryl methyl sites for hydroxylation is 1. The Bertz CT molecular complexity index is 617. The molecule has 0 N–H and O–H groups in total. The van der Waals surface area contributed by atoms with Gasteiger partial charge in [0.15, 0.2) is 11.6 Å². The van der Waals surface area contributed by atoms with Crippen molar-refractivity contribution < 1.29 is 9.05 Å². The van der Waals surface area contributed by atoms with E-state index in [1.165, 1.54) is 12.8 Å². The van der Waals surface area contributed by atoms with Crippen molar-refractivity contribution in [2.24, 2.45) is 0 Å². The van der Waals surface area contributed by atoms with Crippen LogP contribution in [0.4, 0.5) is 0 Å². The zero-order valence-electron chi connectivity index (χ0n) is 12.3.